The molecule has 2 heterocycles. The molecule has 11 nitrogen and oxygen atoms in total. The standard InChI is InChI=1S/C36H86O11Si8/c1-48(2,3)37-25-27-29(31(43-51(10,11)12)34(46-54(19,20)21)36(40-27)47-55(22,23)24)41-35-33(45-53(16,17)18)32(44-52(13,14)15)30(42-50(7,8)9)28(39-35)26-38-49(4,5)6/h27-36H,25-26H2,1-24H3/t27-,28-,29-,30+,31+,32+,33-,34+,35+,36-/m1/s1. The van der Waals surface area contributed by atoms with E-state index in [0.717, 1.165) is 0 Å². The van der Waals surface area contributed by atoms with E-state index >= 15 is 0 Å². The Morgan fingerprint density at radius 1 is 0.291 bits per heavy atom. The van der Waals surface area contributed by atoms with Crippen LogP contribution < -0.4 is 0 Å². The maximum atomic E-state index is 7.46. The Morgan fingerprint density at radius 3 is 0.909 bits per heavy atom. The highest BCUT2D eigenvalue weighted by atomic mass is 28.4. The lowest BCUT2D eigenvalue weighted by Crippen LogP contribution is -2.70. The van der Waals surface area contributed by atoms with E-state index in [4.69, 9.17) is 49.6 Å². The van der Waals surface area contributed by atoms with E-state index in [-0.39, 0.29) is 0 Å². The van der Waals surface area contributed by atoms with Gasteiger partial charge in [-0.15, -0.1) is 0 Å². The second-order valence-corrected chi connectivity index (χ2v) is 59.0. The van der Waals surface area contributed by atoms with Crippen molar-refractivity contribution in [3.8, 4) is 0 Å². The lowest BCUT2D eigenvalue weighted by molar-refractivity contribution is -0.344. The molecule has 2 aliphatic rings. The molecule has 0 N–H and O–H groups in total. The van der Waals surface area contributed by atoms with Crippen LogP contribution in [0.1, 0.15) is 0 Å². The second kappa shape index (κ2) is 19.1. The van der Waals surface area contributed by atoms with Crippen LogP contribution in [0.3, 0.4) is 0 Å². The van der Waals surface area contributed by atoms with Crippen LogP contribution in [0.4, 0.5) is 0 Å². The third-order valence-corrected chi connectivity index (χ3v) is 15.7. The highest BCUT2D eigenvalue weighted by Gasteiger charge is 2.57. The van der Waals surface area contributed by atoms with Crippen molar-refractivity contribution < 1.29 is 49.6 Å². The first-order valence-corrected chi connectivity index (χ1v) is 47.8. The van der Waals surface area contributed by atoms with Crippen LogP contribution in [0.5, 0.6) is 0 Å². The highest BCUT2D eigenvalue weighted by Crippen LogP contribution is 2.39. The fourth-order valence-electron chi connectivity index (χ4n) is 6.26. The normalized spacial score (nSPS) is 31.2. The topological polar surface area (TPSA) is 102 Å². The molecule has 0 bridgehead atoms. The first kappa shape index (κ1) is 52.4. The average Bonchev–Trinajstić information content (AvgIpc) is 2.88. The zero-order chi connectivity index (χ0) is 43.0. The van der Waals surface area contributed by atoms with Gasteiger partial charge in [-0.3, -0.25) is 0 Å². The first-order valence-electron chi connectivity index (χ1n) is 20.5. The Balaban J connectivity index is 2.93. The van der Waals surface area contributed by atoms with Gasteiger partial charge in [0.2, 0.25) is 0 Å². The van der Waals surface area contributed by atoms with Crippen LogP contribution in [0.25, 0.3) is 0 Å². The zero-order valence-corrected chi connectivity index (χ0v) is 47.7. The molecule has 0 amide bonds. The van der Waals surface area contributed by atoms with Crippen LogP contribution in [-0.2, 0) is 49.6 Å². The molecule has 10 atom stereocenters. The monoisotopic (exact) mass is 918 g/mol. The first-order chi connectivity index (χ1) is 24.2. The van der Waals surface area contributed by atoms with E-state index in [1.165, 1.54) is 0 Å². The molecule has 2 aliphatic heterocycles. The van der Waals surface area contributed by atoms with Crippen molar-refractivity contribution in [2.75, 3.05) is 13.2 Å². The fourth-order valence-corrected chi connectivity index (χ4v) is 13.9. The summed E-state index contributed by atoms with van der Waals surface area (Å²) in [5, 5.41) is 0. The minimum Gasteiger partial charge on any atom is -0.415 e. The van der Waals surface area contributed by atoms with Gasteiger partial charge >= 0.3 is 0 Å². The van der Waals surface area contributed by atoms with Gasteiger partial charge in [-0.2, -0.15) is 0 Å². The van der Waals surface area contributed by atoms with Gasteiger partial charge in [-0.1, -0.05) is 0 Å². The summed E-state index contributed by atoms with van der Waals surface area (Å²) in [6.07, 6.45) is -5.61. The van der Waals surface area contributed by atoms with Crippen LogP contribution in [-0.4, -0.2) is 141 Å². The molecule has 0 radical (unpaired) electrons. The predicted molar refractivity (Wildman–Crippen MR) is 246 cm³/mol. The Labute approximate surface area is 346 Å². The largest absolute Gasteiger partial charge is 0.415 e. The molecule has 0 unspecified atom stereocenters. The minimum atomic E-state index is -2.23. The molecular formula is C36H86O11Si8. The number of ether oxygens (including phenoxy) is 3. The van der Waals surface area contributed by atoms with E-state index in [1.807, 2.05) is 0 Å². The summed E-state index contributed by atoms with van der Waals surface area (Å²) in [6, 6.07) is 0. The molecule has 0 aliphatic carbocycles. The Bertz CT molecular complexity index is 1180. The highest BCUT2D eigenvalue weighted by molar-refractivity contribution is 6.72. The zero-order valence-electron chi connectivity index (χ0n) is 39.7. The summed E-state index contributed by atoms with van der Waals surface area (Å²) in [5.41, 5.74) is 0. The second-order valence-electron chi connectivity index (χ2n) is 23.2. The summed E-state index contributed by atoms with van der Waals surface area (Å²) in [4.78, 5) is 0. The number of rotatable bonds is 20. The number of hydrogen-bond acceptors (Lipinski definition) is 11. The van der Waals surface area contributed by atoms with Gasteiger partial charge in [0.25, 0.3) is 0 Å². The summed E-state index contributed by atoms with van der Waals surface area (Å²) in [7, 11) is -17.0. The van der Waals surface area contributed by atoms with Gasteiger partial charge in [-0.25, -0.2) is 0 Å². The Hall–Kier alpha value is 1.30. The molecule has 2 fully saturated rings. The van der Waals surface area contributed by atoms with Gasteiger partial charge in [0, 0.05) is 0 Å². The molecule has 2 rings (SSSR count). The SMILES string of the molecule is C[Si](C)(C)OC[C@H]1O[C@@H](O[C@H]2[C@H](O[Si](C)(C)C)[C@H](O[Si](C)(C)C)[C@@H](O[Si](C)(C)C)O[C@@H]2CO[Si](C)(C)C)[C@H](O[Si](C)(C)C)[C@@H](O[Si](C)(C)C)[C@H]1O[Si](C)(C)C. The molecule has 328 valence electrons. The number of hydrogen-bond donors (Lipinski definition) is 0. The van der Waals surface area contributed by atoms with E-state index in [1.54, 1.807) is 0 Å². The van der Waals surface area contributed by atoms with Crippen molar-refractivity contribution in [2.45, 2.75) is 219 Å². The average molecular weight is 920 g/mol. The van der Waals surface area contributed by atoms with Crippen molar-refractivity contribution in [1.29, 1.82) is 0 Å². The summed E-state index contributed by atoms with van der Waals surface area (Å²) in [6.45, 7) is 53.5. The van der Waals surface area contributed by atoms with E-state index in [0.29, 0.717) is 13.2 Å². The van der Waals surface area contributed by atoms with Gasteiger partial charge in [0.1, 0.15) is 48.8 Å². The minimum absolute atomic E-state index is 0.321. The molecule has 0 aromatic rings. The van der Waals surface area contributed by atoms with Crippen molar-refractivity contribution in [3.63, 3.8) is 0 Å². The maximum absolute atomic E-state index is 7.46. The molecule has 19 heteroatoms. The third-order valence-electron chi connectivity index (χ3n) is 7.75. The van der Waals surface area contributed by atoms with Crippen molar-refractivity contribution in [2.24, 2.45) is 0 Å². The van der Waals surface area contributed by atoms with Crippen molar-refractivity contribution >= 4 is 66.5 Å². The van der Waals surface area contributed by atoms with E-state index < -0.39 is 128 Å². The molecule has 0 spiro atoms. The van der Waals surface area contributed by atoms with Crippen LogP contribution in [0.2, 0.25) is 157 Å². The Kier molecular flexibility index (Phi) is 18.2. The molecule has 0 saturated carbocycles. The van der Waals surface area contributed by atoms with Crippen LogP contribution in [0, 0.1) is 0 Å². The summed E-state index contributed by atoms with van der Waals surface area (Å²) in [5.74, 6) is 0. The van der Waals surface area contributed by atoms with Crippen molar-refractivity contribution in [1.82, 2.24) is 0 Å². The molecule has 0 aromatic carbocycles. The quantitative estimate of drug-likeness (QED) is 0.109. The van der Waals surface area contributed by atoms with E-state index in [2.05, 4.69) is 157 Å². The van der Waals surface area contributed by atoms with E-state index in [9.17, 15) is 0 Å². The third kappa shape index (κ3) is 20.6. The smallest absolute Gasteiger partial charge is 0.187 e. The predicted octanol–water partition coefficient (Wildman–Crippen LogP) is 9.48. The molecule has 55 heavy (non-hydrogen) atoms. The van der Waals surface area contributed by atoms with Gasteiger partial charge < -0.3 is 49.6 Å². The van der Waals surface area contributed by atoms with Gasteiger partial charge in [0.15, 0.2) is 79.1 Å². The van der Waals surface area contributed by atoms with Crippen molar-refractivity contribution in [3.05, 3.63) is 0 Å². The molecule has 2 saturated heterocycles. The maximum Gasteiger partial charge on any atom is 0.187 e. The molecular weight excluding hydrogens is 833 g/mol. The lowest BCUT2D eigenvalue weighted by Gasteiger charge is -2.54. The van der Waals surface area contributed by atoms with Gasteiger partial charge in [0.05, 0.1) is 13.2 Å². The Morgan fingerprint density at radius 2 is 0.564 bits per heavy atom. The summed E-state index contributed by atoms with van der Waals surface area (Å²) >= 11 is 0. The lowest BCUT2D eigenvalue weighted by atomic mass is 9.97. The van der Waals surface area contributed by atoms with Crippen LogP contribution >= 0.6 is 0 Å². The molecule has 0 aromatic heterocycles. The summed E-state index contributed by atoms with van der Waals surface area (Å²) < 4.78 is 77.4. The van der Waals surface area contributed by atoms with Gasteiger partial charge in [-0.05, 0) is 157 Å². The fraction of sp³-hybridized carbons (Fsp3) is 1.00. The van der Waals surface area contributed by atoms with Crippen LogP contribution in [0.15, 0.2) is 0 Å².